The molecule has 1 spiro atoms. The van der Waals surface area contributed by atoms with Crippen molar-refractivity contribution in [1.29, 1.82) is 0 Å². The van der Waals surface area contributed by atoms with E-state index >= 15 is 0 Å². The van der Waals surface area contributed by atoms with Gasteiger partial charge in [-0.15, -0.1) is 0 Å². The minimum atomic E-state index is -0.482. The van der Waals surface area contributed by atoms with Crippen LogP contribution in [0.25, 0.3) is 0 Å². The van der Waals surface area contributed by atoms with Gasteiger partial charge < -0.3 is 20.3 Å². The van der Waals surface area contributed by atoms with Gasteiger partial charge in [-0.25, -0.2) is 14.8 Å². The maximum absolute atomic E-state index is 12.9. The molecule has 2 fully saturated rings. The molecular formula is C20H31N5O3. The zero-order valence-electron chi connectivity index (χ0n) is 17.3. The van der Waals surface area contributed by atoms with Gasteiger partial charge in [0.2, 0.25) is 5.95 Å². The van der Waals surface area contributed by atoms with Crippen LogP contribution in [0.5, 0.6) is 0 Å². The van der Waals surface area contributed by atoms with Crippen LogP contribution in [0, 0.1) is 0 Å². The van der Waals surface area contributed by atoms with E-state index in [4.69, 9.17) is 10.5 Å². The fourth-order valence-electron chi connectivity index (χ4n) is 3.99. The molecule has 8 heteroatoms. The summed E-state index contributed by atoms with van der Waals surface area (Å²) in [5.74, 6) is 0.134. The average Bonchev–Trinajstić information content (AvgIpc) is 2.97. The Balaban J connectivity index is 1.66. The lowest BCUT2D eigenvalue weighted by Gasteiger charge is -2.37. The van der Waals surface area contributed by atoms with Gasteiger partial charge in [-0.2, -0.15) is 0 Å². The highest BCUT2D eigenvalue weighted by molar-refractivity contribution is 5.92. The Kier molecular flexibility index (Phi) is 5.76. The number of ether oxygens (including phenoxy) is 1. The number of carbonyl (C=O) groups is 2. The van der Waals surface area contributed by atoms with Crippen molar-refractivity contribution < 1.29 is 14.3 Å². The van der Waals surface area contributed by atoms with Crippen LogP contribution in [-0.4, -0.2) is 63.0 Å². The van der Waals surface area contributed by atoms with E-state index in [1.165, 1.54) is 0 Å². The van der Waals surface area contributed by atoms with Crippen LogP contribution in [-0.2, 0) is 4.74 Å². The monoisotopic (exact) mass is 389 g/mol. The van der Waals surface area contributed by atoms with E-state index in [2.05, 4.69) is 23.8 Å². The van der Waals surface area contributed by atoms with Crippen molar-refractivity contribution in [3.8, 4) is 0 Å². The van der Waals surface area contributed by atoms with Gasteiger partial charge in [0.25, 0.3) is 5.91 Å². The molecule has 2 aliphatic rings. The lowest BCUT2D eigenvalue weighted by atomic mass is 9.90. The van der Waals surface area contributed by atoms with Crippen LogP contribution in [0.1, 0.15) is 75.5 Å². The van der Waals surface area contributed by atoms with Crippen molar-refractivity contribution in [1.82, 2.24) is 19.8 Å². The van der Waals surface area contributed by atoms with Gasteiger partial charge in [0.1, 0.15) is 11.3 Å². The Morgan fingerprint density at radius 3 is 2.57 bits per heavy atom. The van der Waals surface area contributed by atoms with E-state index in [-0.39, 0.29) is 29.9 Å². The summed E-state index contributed by atoms with van der Waals surface area (Å²) < 4.78 is 5.78. The number of hydrogen-bond acceptors (Lipinski definition) is 6. The Morgan fingerprint density at radius 1 is 1.29 bits per heavy atom. The van der Waals surface area contributed by atoms with Crippen LogP contribution in [0.3, 0.4) is 0 Å². The summed E-state index contributed by atoms with van der Waals surface area (Å²) >= 11 is 0. The molecule has 2 saturated heterocycles. The Morgan fingerprint density at radius 2 is 1.96 bits per heavy atom. The van der Waals surface area contributed by atoms with Crippen molar-refractivity contribution in [2.45, 2.75) is 70.9 Å². The molecule has 0 radical (unpaired) electrons. The third-order valence-corrected chi connectivity index (χ3v) is 5.77. The summed E-state index contributed by atoms with van der Waals surface area (Å²) in [6.45, 7) is 9.84. The molecule has 28 heavy (non-hydrogen) atoms. The van der Waals surface area contributed by atoms with E-state index in [1.807, 2.05) is 18.7 Å². The lowest BCUT2D eigenvalue weighted by Crippen LogP contribution is -2.49. The molecule has 2 aliphatic heterocycles. The van der Waals surface area contributed by atoms with E-state index in [0.29, 0.717) is 38.2 Å². The van der Waals surface area contributed by atoms with Gasteiger partial charge in [-0.1, -0.05) is 27.2 Å². The SMILES string of the molecule is CCC[C@H](C)N1CC2(CCN(C(=O)c3cc(C(C)C)nc(N)n3)CC2)OC1=O. The Labute approximate surface area is 166 Å². The Bertz CT molecular complexity index is 743. The minimum Gasteiger partial charge on any atom is -0.441 e. The van der Waals surface area contributed by atoms with Crippen molar-refractivity contribution in [3.63, 3.8) is 0 Å². The largest absolute Gasteiger partial charge is 0.441 e. The van der Waals surface area contributed by atoms with Crippen LogP contribution >= 0.6 is 0 Å². The predicted molar refractivity (Wildman–Crippen MR) is 106 cm³/mol. The molecule has 0 saturated carbocycles. The molecule has 0 bridgehead atoms. The summed E-state index contributed by atoms with van der Waals surface area (Å²) in [6.07, 6.45) is 3.03. The number of rotatable bonds is 5. The van der Waals surface area contributed by atoms with E-state index in [9.17, 15) is 9.59 Å². The first-order valence-corrected chi connectivity index (χ1v) is 10.2. The second-order valence-electron chi connectivity index (χ2n) is 8.30. The smallest absolute Gasteiger partial charge is 0.410 e. The molecule has 154 valence electrons. The van der Waals surface area contributed by atoms with Crippen molar-refractivity contribution in [3.05, 3.63) is 17.5 Å². The standard InChI is InChI=1S/C20H31N5O3/c1-5-6-14(4)25-12-20(28-19(25)27)7-9-24(10-8-20)17(26)16-11-15(13(2)3)22-18(21)23-16/h11,13-14H,5-10,12H2,1-4H3,(H2,21,22,23)/t14-/m0/s1. The molecule has 3 heterocycles. The highest BCUT2D eigenvalue weighted by Crippen LogP contribution is 2.35. The molecule has 2 N–H and O–H groups in total. The predicted octanol–water partition coefficient (Wildman–Crippen LogP) is 2.80. The zero-order valence-corrected chi connectivity index (χ0v) is 17.3. The third kappa shape index (κ3) is 4.05. The maximum atomic E-state index is 12.9. The second kappa shape index (κ2) is 7.93. The average molecular weight is 390 g/mol. The summed E-state index contributed by atoms with van der Waals surface area (Å²) in [6, 6.07) is 1.90. The van der Waals surface area contributed by atoms with Crippen LogP contribution in [0.2, 0.25) is 0 Å². The molecule has 0 aromatic carbocycles. The van der Waals surface area contributed by atoms with Crippen LogP contribution < -0.4 is 5.73 Å². The lowest BCUT2D eigenvalue weighted by molar-refractivity contribution is 0.00289. The molecule has 2 amide bonds. The maximum Gasteiger partial charge on any atom is 0.410 e. The first-order valence-electron chi connectivity index (χ1n) is 10.2. The number of nitrogens with zero attached hydrogens (tertiary/aromatic N) is 4. The van der Waals surface area contributed by atoms with Gasteiger partial charge in [0, 0.05) is 37.7 Å². The first kappa shape index (κ1) is 20.4. The van der Waals surface area contributed by atoms with Crippen molar-refractivity contribution in [2.75, 3.05) is 25.4 Å². The number of aromatic nitrogens is 2. The first-order chi connectivity index (χ1) is 13.2. The fraction of sp³-hybridized carbons (Fsp3) is 0.700. The summed E-state index contributed by atoms with van der Waals surface area (Å²) in [7, 11) is 0. The van der Waals surface area contributed by atoms with Gasteiger partial charge >= 0.3 is 6.09 Å². The minimum absolute atomic E-state index is 0.119. The molecule has 1 aromatic rings. The molecule has 0 aliphatic carbocycles. The molecule has 1 aromatic heterocycles. The number of nitrogen functional groups attached to an aromatic ring is 1. The second-order valence-corrected chi connectivity index (χ2v) is 8.30. The number of likely N-dealkylation sites (tertiary alicyclic amines) is 1. The van der Waals surface area contributed by atoms with Crippen LogP contribution in [0.15, 0.2) is 6.07 Å². The van der Waals surface area contributed by atoms with E-state index < -0.39 is 5.60 Å². The summed E-state index contributed by atoms with van der Waals surface area (Å²) in [4.78, 5) is 37.2. The van der Waals surface area contributed by atoms with E-state index in [0.717, 1.165) is 18.5 Å². The highest BCUT2D eigenvalue weighted by Gasteiger charge is 2.48. The van der Waals surface area contributed by atoms with Crippen LogP contribution in [0.4, 0.5) is 10.7 Å². The number of amides is 2. The normalized spacial score (nSPS) is 20.0. The van der Waals surface area contributed by atoms with Gasteiger partial charge in [0.05, 0.1) is 6.54 Å². The van der Waals surface area contributed by atoms with Gasteiger partial charge in [-0.05, 0) is 25.3 Å². The number of nitrogens with two attached hydrogens (primary N) is 1. The van der Waals surface area contributed by atoms with E-state index in [1.54, 1.807) is 11.0 Å². The fourth-order valence-corrected chi connectivity index (χ4v) is 3.99. The third-order valence-electron chi connectivity index (χ3n) is 5.77. The summed E-state index contributed by atoms with van der Waals surface area (Å²) in [5.41, 5.74) is 6.39. The van der Waals surface area contributed by atoms with Gasteiger partial charge in [0.15, 0.2) is 0 Å². The number of carbonyl (C=O) groups excluding carboxylic acids is 2. The highest BCUT2D eigenvalue weighted by atomic mass is 16.6. The molecule has 3 rings (SSSR count). The molecule has 1 atom stereocenters. The van der Waals surface area contributed by atoms with Crippen molar-refractivity contribution in [2.24, 2.45) is 0 Å². The molecule has 8 nitrogen and oxygen atoms in total. The molecular weight excluding hydrogens is 358 g/mol. The quantitative estimate of drug-likeness (QED) is 0.831. The number of hydrogen-bond donors (Lipinski definition) is 1. The zero-order chi connectivity index (χ0) is 20.5. The summed E-state index contributed by atoms with van der Waals surface area (Å²) in [5, 5.41) is 0. The van der Waals surface area contributed by atoms with Gasteiger partial charge in [-0.3, -0.25) is 4.79 Å². The number of piperidine rings is 1. The number of anilines is 1. The molecule has 0 unspecified atom stereocenters. The van der Waals surface area contributed by atoms with Crippen molar-refractivity contribution >= 4 is 17.9 Å². The topological polar surface area (TPSA) is 102 Å². The Hall–Kier alpha value is -2.38.